The maximum atomic E-state index is 11.7. The van der Waals surface area contributed by atoms with E-state index in [0.717, 1.165) is 18.4 Å². The molecule has 0 unspecified atom stereocenters. The molecule has 6 nitrogen and oxygen atoms in total. The standard InChI is InChI=1S/C15H21N3O3/c16-10-14(19)18-8-6-13(7-9-18)17-15(20)21-11-12-4-2-1-3-5-12/h1-5,13H,6-11,16H2,(H,17,20). The summed E-state index contributed by atoms with van der Waals surface area (Å²) in [6.45, 7) is 1.55. The van der Waals surface area contributed by atoms with E-state index in [1.54, 1.807) is 4.90 Å². The number of likely N-dealkylation sites (tertiary alicyclic amines) is 1. The second kappa shape index (κ2) is 7.64. The van der Waals surface area contributed by atoms with E-state index in [1.165, 1.54) is 0 Å². The minimum atomic E-state index is -0.414. The fourth-order valence-electron chi connectivity index (χ4n) is 2.33. The van der Waals surface area contributed by atoms with E-state index in [2.05, 4.69) is 5.32 Å². The van der Waals surface area contributed by atoms with Gasteiger partial charge in [0.25, 0.3) is 0 Å². The number of carbonyl (C=O) groups is 2. The third kappa shape index (κ3) is 4.75. The number of alkyl carbamates (subject to hydrolysis) is 1. The summed E-state index contributed by atoms with van der Waals surface area (Å²) in [6.07, 6.45) is 1.04. The molecule has 1 heterocycles. The third-order valence-electron chi connectivity index (χ3n) is 3.56. The van der Waals surface area contributed by atoms with Crippen molar-refractivity contribution in [2.45, 2.75) is 25.5 Å². The van der Waals surface area contributed by atoms with Gasteiger partial charge in [-0.3, -0.25) is 4.79 Å². The average molecular weight is 291 g/mol. The average Bonchev–Trinajstić information content (AvgIpc) is 2.54. The summed E-state index contributed by atoms with van der Waals surface area (Å²) in [7, 11) is 0. The zero-order valence-corrected chi connectivity index (χ0v) is 12.0. The van der Waals surface area contributed by atoms with E-state index in [4.69, 9.17) is 10.5 Å². The van der Waals surface area contributed by atoms with E-state index in [-0.39, 0.29) is 25.1 Å². The first-order valence-electron chi connectivity index (χ1n) is 7.14. The number of hydrogen-bond donors (Lipinski definition) is 2. The number of nitrogens with one attached hydrogen (secondary N) is 1. The Morgan fingerprint density at radius 3 is 2.52 bits per heavy atom. The molecule has 0 aromatic heterocycles. The number of carbonyl (C=O) groups excluding carboxylic acids is 2. The van der Waals surface area contributed by atoms with Gasteiger partial charge in [-0.2, -0.15) is 0 Å². The molecule has 1 aliphatic heterocycles. The zero-order chi connectivity index (χ0) is 15.1. The van der Waals surface area contributed by atoms with Crippen molar-refractivity contribution in [1.82, 2.24) is 10.2 Å². The minimum Gasteiger partial charge on any atom is -0.445 e. The molecule has 6 heteroatoms. The third-order valence-corrected chi connectivity index (χ3v) is 3.56. The Bertz CT molecular complexity index is 470. The number of rotatable bonds is 4. The van der Waals surface area contributed by atoms with Crippen LogP contribution in [0.25, 0.3) is 0 Å². The molecule has 1 aliphatic rings. The molecule has 114 valence electrons. The van der Waals surface area contributed by atoms with Crippen LogP contribution < -0.4 is 11.1 Å². The Labute approximate surface area is 124 Å². The molecular weight excluding hydrogens is 270 g/mol. The Morgan fingerprint density at radius 1 is 1.24 bits per heavy atom. The molecular formula is C15H21N3O3. The number of ether oxygens (including phenoxy) is 1. The van der Waals surface area contributed by atoms with Gasteiger partial charge in [-0.25, -0.2) is 4.79 Å². The van der Waals surface area contributed by atoms with Gasteiger partial charge in [0, 0.05) is 19.1 Å². The van der Waals surface area contributed by atoms with Crippen LogP contribution in [-0.4, -0.2) is 42.6 Å². The molecule has 1 fully saturated rings. The topological polar surface area (TPSA) is 84.7 Å². The second-order valence-electron chi connectivity index (χ2n) is 5.07. The highest BCUT2D eigenvalue weighted by Crippen LogP contribution is 2.10. The molecule has 1 saturated heterocycles. The predicted octanol–water partition coefficient (Wildman–Crippen LogP) is 0.863. The van der Waals surface area contributed by atoms with Crippen LogP contribution in [-0.2, 0) is 16.1 Å². The molecule has 0 spiro atoms. The molecule has 0 atom stereocenters. The zero-order valence-electron chi connectivity index (χ0n) is 12.0. The van der Waals surface area contributed by atoms with Gasteiger partial charge in [-0.15, -0.1) is 0 Å². The summed E-state index contributed by atoms with van der Waals surface area (Å²) >= 11 is 0. The smallest absolute Gasteiger partial charge is 0.407 e. The summed E-state index contributed by atoms with van der Waals surface area (Å²) in [4.78, 5) is 24.9. The Hall–Kier alpha value is -2.08. The number of nitrogens with two attached hydrogens (primary N) is 1. The summed E-state index contributed by atoms with van der Waals surface area (Å²) < 4.78 is 5.18. The van der Waals surface area contributed by atoms with E-state index in [1.807, 2.05) is 30.3 Å². The van der Waals surface area contributed by atoms with Crippen LogP contribution in [0.3, 0.4) is 0 Å². The van der Waals surface area contributed by atoms with E-state index in [9.17, 15) is 9.59 Å². The number of benzene rings is 1. The number of nitrogens with zero attached hydrogens (tertiary/aromatic N) is 1. The first kappa shape index (κ1) is 15.3. The van der Waals surface area contributed by atoms with Crippen molar-refractivity contribution in [2.24, 2.45) is 5.73 Å². The van der Waals surface area contributed by atoms with Gasteiger partial charge in [0.2, 0.25) is 5.91 Å². The fourth-order valence-corrected chi connectivity index (χ4v) is 2.33. The molecule has 21 heavy (non-hydrogen) atoms. The lowest BCUT2D eigenvalue weighted by Gasteiger charge is -2.31. The first-order chi connectivity index (χ1) is 10.2. The van der Waals surface area contributed by atoms with Gasteiger partial charge in [0.05, 0.1) is 6.54 Å². The maximum absolute atomic E-state index is 11.7. The molecule has 0 radical (unpaired) electrons. The molecule has 0 aliphatic carbocycles. The lowest BCUT2D eigenvalue weighted by Crippen LogP contribution is -2.48. The van der Waals surface area contributed by atoms with Crippen molar-refractivity contribution < 1.29 is 14.3 Å². The van der Waals surface area contributed by atoms with E-state index >= 15 is 0 Å². The van der Waals surface area contributed by atoms with Gasteiger partial charge in [-0.05, 0) is 18.4 Å². The second-order valence-corrected chi connectivity index (χ2v) is 5.07. The van der Waals surface area contributed by atoms with Crippen LogP contribution in [0.2, 0.25) is 0 Å². The van der Waals surface area contributed by atoms with E-state index < -0.39 is 6.09 Å². The van der Waals surface area contributed by atoms with E-state index in [0.29, 0.717) is 13.1 Å². The van der Waals surface area contributed by atoms with Crippen LogP contribution >= 0.6 is 0 Å². The monoisotopic (exact) mass is 291 g/mol. The Morgan fingerprint density at radius 2 is 1.90 bits per heavy atom. The highest BCUT2D eigenvalue weighted by atomic mass is 16.5. The van der Waals surface area contributed by atoms with Crippen molar-refractivity contribution in [3.8, 4) is 0 Å². The SMILES string of the molecule is NCC(=O)N1CCC(NC(=O)OCc2ccccc2)CC1. The quantitative estimate of drug-likeness (QED) is 0.862. The van der Waals surface area contributed by atoms with Crippen LogP contribution in [0.15, 0.2) is 30.3 Å². The molecule has 1 aromatic rings. The number of amides is 2. The highest BCUT2D eigenvalue weighted by Gasteiger charge is 2.23. The molecule has 0 bridgehead atoms. The van der Waals surface area contributed by atoms with Gasteiger partial charge >= 0.3 is 6.09 Å². The van der Waals surface area contributed by atoms with Crippen molar-refractivity contribution in [3.63, 3.8) is 0 Å². The summed E-state index contributed by atoms with van der Waals surface area (Å²) in [5, 5.41) is 2.84. The predicted molar refractivity (Wildman–Crippen MR) is 78.4 cm³/mol. The molecule has 3 N–H and O–H groups in total. The maximum Gasteiger partial charge on any atom is 0.407 e. The van der Waals surface area contributed by atoms with Gasteiger partial charge < -0.3 is 20.7 Å². The van der Waals surface area contributed by atoms with Gasteiger partial charge in [0.1, 0.15) is 6.61 Å². The minimum absolute atomic E-state index is 0.0389. The van der Waals surface area contributed by atoms with Crippen molar-refractivity contribution in [3.05, 3.63) is 35.9 Å². The van der Waals surface area contributed by atoms with Gasteiger partial charge in [0.15, 0.2) is 0 Å². The molecule has 2 rings (SSSR count). The van der Waals surface area contributed by atoms with Crippen molar-refractivity contribution >= 4 is 12.0 Å². The van der Waals surface area contributed by atoms with Crippen molar-refractivity contribution in [2.75, 3.05) is 19.6 Å². The largest absolute Gasteiger partial charge is 0.445 e. The van der Waals surface area contributed by atoms with Crippen LogP contribution in [0, 0.1) is 0 Å². The lowest BCUT2D eigenvalue weighted by molar-refractivity contribution is -0.130. The number of hydrogen-bond acceptors (Lipinski definition) is 4. The highest BCUT2D eigenvalue weighted by molar-refractivity contribution is 5.78. The normalized spacial score (nSPS) is 15.6. The van der Waals surface area contributed by atoms with Crippen LogP contribution in [0.5, 0.6) is 0 Å². The molecule has 0 saturated carbocycles. The Balaban J connectivity index is 1.68. The molecule has 2 amide bonds. The van der Waals surface area contributed by atoms with Crippen LogP contribution in [0.1, 0.15) is 18.4 Å². The van der Waals surface area contributed by atoms with Crippen molar-refractivity contribution in [1.29, 1.82) is 0 Å². The van der Waals surface area contributed by atoms with Gasteiger partial charge in [-0.1, -0.05) is 30.3 Å². The van der Waals surface area contributed by atoms with Crippen LogP contribution in [0.4, 0.5) is 4.79 Å². The Kier molecular flexibility index (Phi) is 5.57. The molecule has 1 aromatic carbocycles. The first-order valence-corrected chi connectivity index (χ1v) is 7.14. The summed E-state index contributed by atoms with van der Waals surface area (Å²) in [5.41, 5.74) is 6.29. The summed E-state index contributed by atoms with van der Waals surface area (Å²) in [6, 6.07) is 9.59. The fraction of sp³-hybridized carbons (Fsp3) is 0.467. The lowest BCUT2D eigenvalue weighted by atomic mass is 10.1. The number of piperidine rings is 1. The summed E-state index contributed by atoms with van der Waals surface area (Å²) in [5.74, 6) is -0.0416.